The van der Waals surface area contributed by atoms with Crippen molar-refractivity contribution in [3.8, 4) is 5.88 Å². The summed E-state index contributed by atoms with van der Waals surface area (Å²) in [6, 6.07) is 7.13. The number of carbonyl (C=O) groups excluding carboxylic acids is 1. The van der Waals surface area contributed by atoms with Crippen LogP contribution in [-0.4, -0.2) is 20.1 Å². The molecule has 2 N–H and O–H groups in total. The smallest absolute Gasteiger partial charge is 0.331 e. The molecule has 0 radical (unpaired) electrons. The Kier molecular flexibility index (Phi) is 3.59. The number of hydrogen-bond acceptors (Lipinski definition) is 3. The minimum absolute atomic E-state index is 0.0940. The molecule has 2 aromatic rings. The maximum atomic E-state index is 12.1. The van der Waals surface area contributed by atoms with Gasteiger partial charge in [0.2, 0.25) is 11.8 Å². The topological polar surface area (TPSA) is 76.3 Å². The number of rotatable bonds is 3. The van der Waals surface area contributed by atoms with E-state index in [1.165, 1.54) is 4.57 Å². The van der Waals surface area contributed by atoms with Crippen LogP contribution in [0.15, 0.2) is 33.5 Å². The van der Waals surface area contributed by atoms with E-state index >= 15 is 0 Å². The molecule has 0 unspecified atom stereocenters. The molecule has 6 nitrogen and oxygen atoms in total. The van der Waals surface area contributed by atoms with Crippen molar-refractivity contribution >= 4 is 27.5 Å². The van der Waals surface area contributed by atoms with Gasteiger partial charge in [0.05, 0.1) is 5.69 Å². The zero-order valence-electron chi connectivity index (χ0n) is 11.2. The minimum atomic E-state index is -0.348. The Morgan fingerprint density at radius 3 is 2.71 bits per heavy atom. The van der Waals surface area contributed by atoms with Gasteiger partial charge < -0.3 is 10.4 Å². The lowest BCUT2D eigenvalue weighted by Crippen LogP contribution is -2.29. The molecule has 1 amide bonds. The highest BCUT2D eigenvalue weighted by Gasteiger charge is 2.24. The van der Waals surface area contributed by atoms with E-state index in [1.807, 2.05) is 12.1 Å². The number of aromatic hydroxyl groups is 1. The molecule has 2 heterocycles. The van der Waals surface area contributed by atoms with Crippen LogP contribution in [-0.2, 0) is 24.3 Å². The number of benzene rings is 1. The fourth-order valence-electron chi connectivity index (χ4n) is 2.53. The Labute approximate surface area is 129 Å². The first kappa shape index (κ1) is 13.9. The molecule has 0 saturated heterocycles. The fourth-order valence-corrected chi connectivity index (χ4v) is 2.79. The van der Waals surface area contributed by atoms with E-state index in [9.17, 15) is 14.7 Å². The van der Waals surface area contributed by atoms with Gasteiger partial charge in [-0.15, -0.1) is 0 Å². The SMILES string of the molecule is O=C(Cn1c(O)c2n(c1=O)CCC2)Nc1ccc(Br)cc1. The van der Waals surface area contributed by atoms with Gasteiger partial charge in [-0.3, -0.25) is 13.9 Å². The summed E-state index contributed by atoms with van der Waals surface area (Å²) in [5, 5.41) is 12.7. The second-order valence-electron chi connectivity index (χ2n) is 4.95. The van der Waals surface area contributed by atoms with Crippen molar-refractivity contribution in [2.24, 2.45) is 0 Å². The monoisotopic (exact) mass is 351 g/mol. The molecular formula is C14H14BrN3O3. The van der Waals surface area contributed by atoms with Crippen molar-refractivity contribution in [3.05, 3.63) is 44.9 Å². The normalized spacial score (nSPS) is 13.2. The Bertz CT molecular complexity index is 746. The molecule has 0 saturated carbocycles. The summed E-state index contributed by atoms with van der Waals surface area (Å²) in [5.41, 5.74) is 0.935. The molecule has 0 atom stereocenters. The first-order valence-corrected chi connectivity index (χ1v) is 7.42. The standard InChI is InChI=1S/C14H14BrN3O3/c15-9-3-5-10(6-4-9)16-12(19)8-18-13(20)11-2-1-7-17(11)14(18)21/h3-6,20H,1-2,7-8H2,(H,16,19). The first-order chi connectivity index (χ1) is 10.1. The lowest BCUT2D eigenvalue weighted by molar-refractivity contribution is -0.116. The minimum Gasteiger partial charge on any atom is -0.493 e. The highest BCUT2D eigenvalue weighted by molar-refractivity contribution is 9.10. The van der Waals surface area contributed by atoms with Crippen molar-refractivity contribution in [2.45, 2.75) is 25.9 Å². The molecule has 3 rings (SSSR count). The number of anilines is 1. The second-order valence-corrected chi connectivity index (χ2v) is 5.86. The van der Waals surface area contributed by atoms with Crippen LogP contribution in [0.5, 0.6) is 5.88 Å². The van der Waals surface area contributed by atoms with Gasteiger partial charge in [0, 0.05) is 16.7 Å². The number of hydrogen-bond donors (Lipinski definition) is 2. The van der Waals surface area contributed by atoms with E-state index < -0.39 is 0 Å². The average Bonchev–Trinajstić information content (AvgIpc) is 3.02. The molecule has 0 fully saturated rings. The van der Waals surface area contributed by atoms with Gasteiger partial charge in [-0.1, -0.05) is 15.9 Å². The Balaban J connectivity index is 1.77. The number of halogens is 1. The van der Waals surface area contributed by atoms with Crippen molar-refractivity contribution in [1.29, 1.82) is 0 Å². The maximum Gasteiger partial charge on any atom is 0.331 e. The van der Waals surface area contributed by atoms with Crippen molar-refractivity contribution in [3.63, 3.8) is 0 Å². The van der Waals surface area contributed by atoms with Crippen molar-refractivity contribution in [2.75, 3.05) is 5.32 Å². The molecule has 1 aliphatic rings. The van der Waals surface area contributed by atoms with Crippen molar-refractivity contribution in [1.82, 2.24) is 9.13 Å². The van der Waals surface area contributed by atoms with E-state index in [0.29, 0.717) is 24.3 Å². The summed E-state index contributed by atoms with van der Waals surface area (Å²) >= 11 is 3.32. The highest BCUT2D eigenvalue weighted by Crippen LogP contribution is 2.23. The quantitative estimate of drug-likeness (QED) is 0.883. The second kappa shape index (κ2) is 5.40. The van der Waals surface area contributed by atoms with E-state index in [2.05, 4.69) is 21.2 Å². The number of fused-ring (bicyclic) bond motifs is 1. The molecular weight excluding hydrogens is 338 g/mol. The molecule has 0 bridgehead atoms. The zero-order chi connectivity index (χ0) is 15.0. The van der Waals surface area contributed by atoms with E-state index in [0.717, 1.165) is 15.5 Å². The maximum absolute atomic E-state index is 12.1. The Morgan fingerprint density at radius 1 is 1.33 bits per heavy atom. The first-order valence-electron chi connectivity index (χ1n) is 6.63. The van der Waals surface area contributed by atoms with Crippen LogP contribution in [0.4, 0.5) is 5.69 Å². The molecule has 0 spiro atoms. The predicted octanol–water partition coefficient (Wildman–Crippen LogP) is 1.70. The van der Waals surface area contributed by atoms with Gasteiger partial charge >= 0.3 is 5.69 Å². The van der Waals surface area contributed by atoms with Crippen LogP contribution in [0.25, 0.3) is 0 Å². The third kappa shape index (κ3) is 2.61. The van der Waals surface area contributed by atoms with E-state index in [-0.39, 0.29) is 24.0 Å². The zero-order valence-corrected chi connectivity index (χ0v) is 12.8. The van der Waals surface area contributed by atoms with Crippen LogP contribution in [0, 0.1) is 0 Å². The number of nitrogens with zero attached hydrogens (tertiary/aromatic N) is 2. The van der Waals surface area contributed by atoms with Crippen LogP contribution in [0.2, 0.25) is 0 Å². The third-order valence-corrected chi connectivity index (χ3v) is 4.06. The van der Waals surface area contributed by atoms with Gasteiger partial charge in [-0.05, 0) is 37.1 Å². The lowest BCUT2D eigenvalue weighted by atomic mass is 10.3. The van der Waals surface area contributed by atoms with Crippen molar-refractivity contribution < 1.29 is 9.90 Å². The van der Waals surface area contributed by atoms with Crippen LogP contribution in [0.1, 0.15) is 12.1 Å². The Morgan fingerprint density at radius 2 is 2.05 bits per heavy atom. The van der Waals surface area contributed by atoms with Gasteiger partial charge in [0.15, 0.2) is 0 Å². The molecule has 110 valence electrons. The molecule has 1 aromatic heterocycles. The highest BCUT2D eigenvalue weighted by atomic mass is 79.9. The number of nitrogens with one attached hydrogen (secondary N) is 1. The number of imidazole rings is 1. The van der Waals surface area contributed by atoms with Gasteiger partial charge in [-0.25, -0.2) is 4.79 Å². The summed E-state index contributed by atoms with van der Waals surface area (Å²) in [5.74, 6) is -0.442. The number of amides is 1. The molecule has 7 heteroatoms. The molecule has 1 aromatic carbocycles. The molecule has 1 aliphatic heterocycles. The van der Waals surface area contributed by atoms with Gasteiger partial charge in [0.25, 0.3) is 0 Å². The summed E-state index contributed by atoms with van der Waals surface area (Å²) in [4.78, 5) is 24.1. The lowest BCUT2D eigenvalue weighted by Gasteiger charge is -2.06. The summed E-state index contributed by atoms with van der Waals surface area (Å²) < 4.78 is 3.56. The number of carbonyl (C=O) groups is 1. The number of aromatic nitrogens is 2. The van der Waals surface area contributed by atoms with Crippen LogP contribution in [0.3, 0.4) is 0 Å². The van der Waals surface area contributed by atoms with Crippen LogP contribution >= 0.6 is 15.9 Å². The summed E-state index contributed by atoms with van der Waals surface area (Å²) in [7, 11) is 0. The van der Waals surface area contributed by atoms with Gasteiger partial charge in [0.1, 0.15) is 6.54 Å². The largest absolute Gasteiger partial charge is 0.493 e. The van der Waals surface area contributed by atoms with Crippen LogP contribution < -0.4 is 11.0 Å². The third-order valence-electron chi connectivity index (χ3n) is 3.53. The van der Waals surface area contributed by atoms with Gasteiger partial charge in [-0.2, -0.15) is 0 Å². The van der Waals surface area contributed by atoms with E-state index in [4.69, 9.17) is 0 Å². The van der Waals surface area contributed by atoms with E-state index in [1.54, 1.807) is 12.1 Å². The molecule has 21 heavy (non-hydrogen) atoms. The average molecular weight is 352 g/mol. The Hall–Kier alpha value is -2.02. The summed E-state index contributed by atoms with van der Waals surface area (Å²) in [6.45, 7) is 0.407. The predicted molar refractivity (Wildman–Crippen MR) is 81.4 cm³/mol. The molecule has 0 aliphatic carbocycles. The summed E-state index contributed by atoms with van der Waals surface area (Å²) in [6.07, 6.45) is 1.52. The fraction of sp³-hybridized carbons (Fsp3) is 0.286.